The maximum absolute atomic E-state index is 12.8. The number of nitrogens with one attached hydrogen (secondary N) is 1. The number of hydrogen-bond donors (Lipinski definition) is 1. The van der Waals surface area contributed by atoms with Crippen molar-refractivity contribution in [2.24, 2.45) is 10.8 Å². The molecule has 124 valence electrons. The van der Waals surface area contributed by atoms with E-state index in [1.807, 2.05) is 45.0 Å². The van der Waals surface area contributed by atoms with Gasteiger partial charge in [0, 0.05) is 12.0 Å². The second-order valence-electron chi connectivity index (χ2n) is 7.20. The summed E-state index contributed by atoms with van der Waals surface area (Å²) >= 11 is 0. The number of methoxy groups -OCH3 is 1. The highest BCUT2D eigenvalue weighted by Crippen LogP contribution is 2.65. The molecule has 2 bridgehead atoms. The summed E-state index contributed by atoms with van der Waals surface area (Å²) in [5.41, 5.74) is -1.17. The lowest BCUT2D eigenvalue weighted by molar-refractivity contribution is -0.168. The van der Waals surface area contributed by atoms with Crippen molar-refractivity contribution in [3.63, 3.8) is 0 Å². The maximum atomic E-state index is 12.8. The fourth-order valence-electron chi connectivity index (χ4n) is 3.82. The molecule has 0 radical (unpaired) electrons. The summed E-state index contributed by atoms with van der Waals surface area (Å²) in [6.45, 7) is 6.21. The number of esters is 1. The molecule has 1 aromatic rings. The fraction of sp³-hybridized carbons (Fsp3) is 0.556. The molecule has 0 unspecified atom stereocenters. The van der Waals surface area contributed by atoms with Crippen molar-refractivity contribution in [2.75, 3.05) is 7.11 Å². The van der Waals surface area contributed by atoms with E-state index in [-0.39, 0.29) is 11.9 Å². The molecular formula is C18H23NO4. The van der Waals surface area contributed by atoms with Crippen molar-refractivity contribution in [2.45, 2.75) is 45.8 Å². The van der Waals surface area contributed by atoms with Gasteiger partial charge in [-0.15, -0.1) is 0 Å². The molecule has 1 saturated heterocycles. The molecule has 1 saturated carbocycles. The third-order valence-corrected chi connectivity index (χ3v) is 6.06. The summed E-state index contributed by atoms with van der Waals surface area (Å²) in [6, 6.07) is 7.51. The average Bonchev–Trinajstić information content (AvgIpc) is 2.83. The van der Waals surface area contributed by atoms with Crippen LogP contribution in [0.5, 0.6) is 5.75 Å². The van der Waals surface area contributed by atoms with Gasteiger partial charge in [-0.1, -0.05) is 26.0 Å². The fourth-order valence-corrected chi connectivity index (χ4v) is 3.82. The second kappa shape index (κ2) is 4.98. The van der Waals surface area contributed by atoms with Crippen LogP contribution in [0.2, 0.25) is 0 Å². The molecule has 2 atom stereocenters. The van der Waals surface area contributed by atoms with Gasteiger partial charge in [-0.25, -0.2) is 0 Å². The van der Waals surface area contributed by atoms with E-state index in [1.165, 1.54) is 0 Å². The van der Waals surface area contributed by atoms with Crippen LogP contribution in [0.15, 0.2) is 24.3 Å². The first-order valence-electron chi connectivity index (χ1n) is 7.91. The van der Waals surface area contributed by atoms with Crippen LogP contribution in [0.25, 0.3) is 0 Å². The van der Waals surface area contributed by atoms with Crippen LogP contribution in [0.4, 0.5) is 0 Å². The molecule has 0 spiro atoms. The van der Waals surface area contributed by atoms with Gasteiger partial charge in [0.05, 0.1) is 12.5 Å². The number of fused-ring (bicyclic) bond motifs is 2. The summed E-state index contributed by atoms with van der Waals surface area (Å²) in [5, 5.41) is 2.93. The number of benzene rings is 1. The largest absolute Gasteiger partial charge is 0.497 e. The topological polar surface area (TPSA) is 64.6 Å². The predicted molar refractivity (Wildman–Crippen MR) is 84.8 cm³/mol. The molecule has 3 rings (SSSR count). The Morgan fingerprint density at radius 1 is 1.22 bits per heavy atom. The highest BCUT2D eigenvalue weighted by Gasteiger charge is 2.75. The van der Waals surface area contributed by atoms with E-state index in [1.54, 1.807) is 7.11 Å². The van der Waals surface area contributed by atoms with Crippen LogP contribution in [0.1, 0.15) is 39.2 Å². The lowest BCUT2D eigenvalue weighted by Crippen LogP contribution is -2.53. The molecule has 1 aromatic carbocycles. The van der Waals surface area contributed by atoms with Crippen molar-refractivity contribution >= 4 is 11.9 Å². The molecule has 5 nitrogen and oxygen atoms in total. The minimum atomic E-state index is -1.05. The van der Waals surface area contributed by atoms with Crippen LogP contribution >= 0.6 is 0 Å². The summed E-state index contributed by atoms with van der Waals surface area (Å²) < 4.78 is 10.7. The van der Waals surface area contributed by atoms with Gasteiger partial charge in [-0.05, 0) is 37.5 Å². The Morgan fingerprint density at radius 2 is 1.87 bits per heavy atom. The van der Waals surface area contributed by atoms with Crippen molar-refractivity contribution in [3.05, 3.63) is 29.8 Å². The van der Waals surface area contributed by atoms with E-state index in [0.717, 1.165) is 11.3 Å². The Kier molecular flexibility index (Phi) is 3.43. The van der Waals surface area contributed by atoms with Crippen LogP contribution < -0.4 is 10.1 Å². The monoisotopic (exact) mass is 317 g/mol. The third-order valence-electron chi connectivity index (χ3n) is 6.06. The van der Waals surface area contributed by atoms with E-state index >= 15 is 0 Å². The first kappa shape index (κ1) is 15.8. The molecule has 1 N–H and O–H groups in total. The molecule has 5 heteroatoms. The second-order valence-corrected chi connectivity index (χ2v) is 7.20. The van der Waals surface area contributed by atoms with E-state index in [2.05, 4.69) is 5.32 Å². The van der Waals surface area contributed by atoms with Crippen molar-refractivity contribution < 1.29 is 19.1 Å². The van der Waals surface area contributed by atoms with E-state index in [0.29, 0.717) is 19.4 Å². The predicted octanol–water partition coefficient (Wildman–Crippen LogP) is 2.43. The first-order valence-corrected chi connectivity index (χ1v) is 7.91. The van der Waals surface area contributed by atoms with Gasteiger partial charge in [0.25, 0.3) is 5.91 Å². The summed E-state index contributed by atoms with van der Waals surface area (Å²) in [7, 11) is 1.61. The van der Waals surface area contributed by atoms with Crippen LogP contribution in [0, 0.1) is 10.8 Å². The van der Waals surface area contributed by atoms with Crippen LogP contribution in [-0.4, -0.2) is 24.6 Å². The number of amides is 1. The molecular weight excluding hydrogens is 294 g/mol. The molecule has 1 heterocycles. The highest BCUT2D eigenvalue weighted by molar-refractivity contribution is 5.96. The zero-order valence-electron chi connectivity index (χ0n) is 14.1. The van der Waals surface area contributed by atoms with Crippen LogP contribution in [-0.2, 0) is 20.9 Å². The minimum Gasteiger partial charge on any atom is -0.497 e. The van der Waals surface area contributed by atoms with Gasteiger partial charge in [-0.2, -0.15) is 0 Å². The average molecular weight is 317 g/mol. The number of hydrogen-bond acceptors (Lipinski definition) is 4. The number of carbonyl (C=O) groups excluding carboxylic acids is 2. The maximum Gasteiger partial charge on any atom is 0.313 e. The summed E-state index contributed by atoms with van der Waals surface area (Å²) in [6.07, 6.45) is 1.27. The number of ether oxygens (including phenoxy) is 2. The molecule has 2 aliphatic rings. The highest BCUT2D eigenvalue weighted by atomic mass is 16.6. The SMILES string of the molecule is COc1ccc(CNC(=O)[C@]23CC[C@](C)(C(=O)O2)C3(C)C)cc1. The Balaban J connectivity index is 1.74. The van der Waals surface area contributed by atoms with Crippen molar-refractivity contribution in [3.8, 4) is 5.75 Å². The Bertz CT molecular complexity index is 651. The zero-order valence-corrected chi connectivity index (χ0v) is 14.1. The van der Waals surface area contributed by atoms with Gasteiger partial charge in [0.1, 0.15) is 5.75 Å². The smallest absolute Gasteiger partial charge is 0.313 e. The molecule has 1 amide bonds. The Labute approximate surface area is 136 Å². The van der Waals surface area contributed by atoms with E-state index in [4.69, 9.17) is 9.47 Å². The van der Waals surface area contributed by atoms with E-state index < -0.39 is 16.4 Å². The first-order chi connectivity index (χ1) is 10.8. The van der Waals surface area contributed by atoms with Gasteiger partial charge < -0.3 is 14.8 Å². The Morgan fingerprint density at radius 3 is 2.35 bits per heavy atom. The van der Waals surface area contributed by atoms with Crippen molar-refractivity contribution in [1.29, 1.82) is 0 Å². The number of rotatable bonds is 4. The van der Waals surface area contributed by atoms with Gasteiger partial charge in [0.2, 0.25) is 0 Å². The lowest BCUT2D eigenvalue weighted by atomic mass is 9.66. The molecule has 1 aliphatic carbocycles. The molecule has 2 fully saturated rings. The lowest BCUT2D eigenvalue weighted by Gasteiger charge is -2.35. The Hall–Kier alpha value is -2.04. The summed E-state index contributed by atoms with van der Waals surface area (Å²) in [5.74, 6) is 0.317. The van der Waals surface area contributed by atoms with Crippen molar-refractivity contribution in [1.82, 2.24) is 5.32 Å². The van der Waals surface area contributed by atoms with E-state index in [9.17, 15) is 9.59 Å². The van der Waals surface area contributed by atoms with Gasteiger partial charge in [0.15, 0.2) is 5.60 Å². The molecule has 0 aromatic heterocycles. The molecule has 1 aliphatic heterocycles. The quantitative estimate of drug-likeness (QED) is 0.866. The van der Waals surface area contributed by atoms with Gasteiger partial charge in [-0.3, -0.25) is 9.59 Å². The van der Waals surface area contributed by atoms with Crippen LogP contribution in [0.3, 0.4) is 0 Å². The third kappa shape index (κ3) is 1.98. The number of carbonyl (C=O) groups is 2. The minimum absolute atomic E-state index is 0.201. The normalized spacial score (nSPS) is 30.9. The zero-order chi connectivity index (χ0) is 16.9. The van der Waals surface area contributed by atoms with Gasteiger partial charge >= 0.3 is 5.97 Å². The standard InChI is InChI=1S/C18H23NO4/c1-16(2)17(3)9-10-18(16,23-15(17)21)14(20)19-11-12-5-7-13(22-4)8-6-12/h5-8H,9-11H2,1-4H3,(H,19,20)/t17-,18+/m1/s1. The summed E-state index contributed by atoms with van der Waals surface area (Å²) in [4.78, 5) is 25.0. The molecule has 23 heavy (non-hydrogen) atoms.